The summed E-state index contributed by atoms with van der Waals surface area (Å²) in [6.45, 7) is 8.32. The van der Waals surface area contributed by atoms with Gasteiger partial charge in [0, 0.05) is 11.8 Å². The van der Waals surface area contributed by atoms with Gasteiger partial charge in [0.05, 0.1) is 20.8 Å². The Balaban J connectivity index is 1.87. The summed E-state index contributed by atoms with van der Waals surface area (Å²) in [5, 5.41) is 2.94. The minimum atomic E-state index is 0.0437. The predicted octanol–water partition coefficient (Wildman–Crippen LogP) is -1.55. The van der Waals surface area contributed by atoms with Gasteiger partial charge in [0.25, 0.3) is 5.91 Å². The molecule has 122 valence electrons. The number of carbonyl (C=O) groups excluding carboxylic acids is 1. The van der Waals surface area contributed by atoms with Crippen LogP contribution in [0.25, 0.3) is 0 Å². The fraction of sp³-hybridized carbons (Fsp3) is 0.562. The van der Waals surface area contributed by atoms with Crippen molar-refractivity contribution in [2.24, 2.45) is 0 Å². The van der Waals surface area contributed by atoms with Crippen LogP contribution in [0.2, 0.25) is 0 Å². The molecule has 0 bridgehead atoms. The maximum Gasteiger partial charge on any atom is 0.279 e. The number of amides is 1. The van der Waals surface area contributed by atoms with E-state index >= 15 is 0 Å². The van der Waals surface area contributed by atoms with Crippen molar-refractivity contribution in [1.82, 2.24) is 0 Å². The number of nitrogens with one attached hydrogen (secondary N) is 3. The first-order chi connectivity index (χ1) is 10.7. The Kier molecular flexibility index (Phi) is 6.03. The molecule has 0 spiro atoms. The molecule has 1 amide bonds. The summed E-state index contributed by atoms with van der Waals surface area (Å²) in [5.74, 6) is 1.32. The average Bonchev–Trinajstić information content (AvgIpc) is 2.55. The van der Waals surface area contributed by atoms with Crippen LogP contribution in [0.4, 0.5) is 5.69 Å². The molecular formula is C16H27N3O3+2. The van der Waals surface area contributed by atoms with Crippen molar-refractivity contribution in [3.05, 3.63) is 18.2 Å². The van der Waals surface area contributed by atoms with Crippen molar-refractivity contribution >= 4 is 11.6 Å². The zero-order valence-corrected chi connectivity index (χ0v) is 13.7. The van der Waals surface area contributed by atoms with Crippen molar-refractivity contribution in [2.45, 2.75) is 6.92 Å². The maximum atomic E-state index is 12.2. The molecule has 0 aromatic heterocycles. The monoisotopic (exact) mass is 309 g/mol. The Morgan fingerprint density at radius 2 is 1.73 bits per heavy atom. The summed E-state index contributed by atoms with van der Waals surface area (Å²) in [5.41, 5.74) is 0.736. The molecule has 6 heteroatoms. The van der Waals surface area contributed by atoms with Gasteiger partial charge >= 0.3 is 0 Å². The van der Waals surface area contributed by atoms with Gasteiger partial charge in [-0.3, -0.25) is 4.79 Å². The van der Waals surface area contributed by atoms with E-state index in [1.54, 1.807) is 31.3 Å². The van der Waals surface area contributed by atoms with Crippen LogP contribution in [0.3, 0.4) is 0 Å². The summed E-state index contributed by atoms with van der Waals surface area (Å²) < 4.78 is 10.4. The quantitative estimate of drug-likeness (QED) is 0.596. The second-order valence-corrected chi connectivity index (χ2v) is 5.65. The number of quaternary nitrogens is 2. The highest BCUT2D eigenvalue weighted by atomic mass is 16.5. The van der Waals surface area contributed by atoms with Gasteiger partial charge in [-0.2, -0.15) is 0 Å². The smallest absolute Gasteiger partial charge is 0.279 e. The zero-order valence-electron chi connectivity index (χ0n) is 13.7. The first-order valence-corrected chi connectivity index (χ1v) is 7.85. The molecule has 0 saturated carbocycles. The third-order valence-corrected chi connectivity index (χ3v) is 4.24. The Morgan fingerprint density at radius 3 is 2.32 bits per heavy atom. The van der Waals surface area contributed by atoms with Crippen molar-refractivity contribution in [3.63, 3.8) is 0 Å². The largest absolute Gasteiger partial charge is 0.493 e. The molecule has 22 heavy (non-hydrogen) atoms. The number of rotatable bonds is 6. The molecule has 2 rings (SSSR count). The molecule has 1 aromatic carbocycles. The Bertz CT molecular complexity index is 499. The van der Waals surface area contributed by atoms with Gasteiger partial charge in [0.2, 0.25) is 0 Å². The number of benzene rings is 1. The molecule has 1 saturated heterocycles. The standard InChI is InChI=1S/C16H25N3O3/c1-4-18-7-9-19(10-8-18)12-16(20)17-13-5-6-14(21-2)15(11-13)22-3/h5-6,11H,4,7-10,12H2,1-3H3,(H,17,20)/p+2. The van der Waals surface area contributed by atoms with Crippen molar-refractivity contribution in [2.75, 3.05) is 58.8 Å². The third kappa shape index (κ3) is 4.35. The summed E-state index contributed by atoms with van der Waals surface area (Å²) in [6.07, 6.45) is 0. The highest BCUT2D eigenvalue weighted by Crippen LogP contribution is 2.29. The molecule has 1 fully saturated rings. The van der Waals surface area contributed by atoms with Crippen LogP contribution in [-0.2, 0) is 4.79 Å². The molecule has 1 aliphatic rings. The van der Waals surface area contributed by atoms with E-state index in [2.05, 4.69) is 12.2 Å². The minimum Gasteiger partial charge on any atom is -0.493 e. The fourth-order valence-electron chi connectivity index (χ4n) is 2.83. The number of ether oxygens (including phenoxy) is 2. The van der Waals surface area contributed by atoms with E-state index in [0.29, 0.717) is 18.0 Å². The van der Waals surface area contributed by atoms with Gasteiger partial charge in [-0.15, -0.1) is 0 Å². The van der Waals surface area contributed by atoms with Gasteiger partial charge in [0.1, 0.15) is 26.2 Å². The average molecular weight is 309 g/mol. The SMILES string of the molecule is CC[NH+]1CC[NH+](CC(=O)Nc2ccc(OC)c(OC)c2)CC1. The number of hydrogen-bond acceptors (Lipinski definition) is 3. The van der Waals surface area contributed by atoms with Crippen LogP contribution < -0.4 is 24.6 Å². The predicted molar refractivity (Wildman–Crippen MR) is 85.0 cm³/mol. The number of carbonyl (C=O) groups is 1. The highest BCUT2D eigenvalue weighted by Gasteiger charge is 2.23. The van der Waals surface area contributed by atoms with E-state index in [4.69, 9.17) is 9.47 Å². The lowest BCUT2D eigenvalue weighted by atomic mass is 10.2. The fourth-order valence-corrected chi connectivity index (χ4v) is 2.83. The third-order valence-electron chi connectivity index (χ3n) is 4.24. The molecule has 0 aliphatic carbocycles. The van der Waals surface area contributed by atoms with Gasteiger partial charge in [0.15, 0.2) is 18.0 Å². The normalized spacial score (nSPS) is 21.2. The van der Waals surface area contributed by atoms with Gasteiger partial charge in [-0.05, 0) is 19.1 Å². The molecule has 1 aliphatic heterocycles. The second-order valence-electron chi connectivity index (χ2n) is 5.65. The molecule has 0 atom stereocenters. The summed E-state index contributed by atoms with van der Waals surface area (Å²) in [7, 11) is 3.18. The van der Waals surface area contributed by atoms with Crippen LogP contribution >= 0.6 is 0 Å². The molecular weight excluding hydrogens is 282 g/mol. The molecule has 1 heterocycles. The minimum absolute atomic E-state index is 0.0437. The van der Waals surface area contributed by atoms with E-state index < -0.39 is 0 Å². The van der Waals surface area contributed by atoms with Gasteiger partial charge in [-0.25, -0.2) is 0 Å². The lowest BCUT2D eigenvalue weighted by Crippen LogP contribution is -3.28. The van der Waals surface area contributed by atoms with Crippen molar-refractivity contribution in [3.8, 4) is 11.5 Å². The number of hydrogen-bond donors (Lipinski definition) is 3. The Morgan fingerprint density at radius 1 is 1.09 bits per heavy atom. The van der Waals surface area contributed by atoms with E-state index in [1.807, 2.05) is 6.07 Å². The lowest BCUT2D eigenvalue weighted by Gasteiger charge is -2.28. The maximum absolute atomic E-state index is 12.2. The first-order valence-electron chi connectivity index (χ1n) is 7.85. The van der Waals surface area contributed by atoms with E-state index in [-0.39, 0.29) is 5.91 Å². The summed E-state index contributed by atoms with van der Waals surface area (Å²) in [4.78, 5) is 15.2. The van der Waals surface area contributed by atoms with Crippen LogP contribution in [-0.4, -0.2) is 59.4 Å². The summed E-state index contributed by atoms with van der Waals surface area (Å²) in [6, 6.07) is 5.41. The molecule has 6 nitrogen and oxygen atoms in total. The molecule has 3 N–H and O–H groups in total. The van der Waals surface area contributed by atoms with Crippen molar-refractivity contribution in [1.29, 1.82) is 0 Å². The number of likely N-dealkylation sites (N-methyl/N-ethyl adjacent to an activating group) is 1. The van der Waals surface area contributed by atoms with E-state index in [1.165, 1.54) is 11.4 Å². The highest BCUT2D eigenvalue weighted by molar-refractivity contribution is 5.91. The molecule has 0 radical (unpaired) electrons. The van der Waals surface area contributed by atoms with Gasteiger partial charge < -0.3 is 24.6 Å². The molecule has 1 aromatic rings. The zero-order chi connectivity index (χ0) is 15.9. The first kappa shape index (κ1) is 16.6. The topological polar surface area (TPSA) is 56.4 Å². The van der Waals surface area contributed by atoms with Crippen LogP contribution in [0.1, 0.15) is 6.92 Å². The Hall–Kier alpha value is -1.79. The van der Waals surface area contributed by atoms with E-state index in [9.17, 15) is 4.79 Å². The Labute approximate surface area is 132 Å². The van der Waals surface area contributed by atoms with Gasteiger partial charge in [-0.1, -0.05) is 0 Å². The number of methoxy groups -OCH3 is 2. The van der Waals surface area contributed by atoms with Crippen molar-refractivity contribution < 1.29 is 24.1 Å². The second kappa shape index (κ2) is 8.00. The molecule has 0 unspecified atom stereocenters. The summed E-state index contributed by atoms with van der Waals surface area (Å²) >= 11 is 0. The van der Waals surface area contributed by atoms with Crippen LogP contribution in [0.5, 0.6) is 11.5 Å². The number of anilines is 1. The van der Waals surface area contributed by atoms with E-state index in [0.717, 1.165) is 31.9 Å². The lowest BCUT2D eigenvalue weighted by molar-refractivity contribution is -1.01. The number of piperazine rings is 1. The van der Waals surface area contributed by atoms with Crippen LogP contribution in [0.15, 0.2) is 18.2 Å². The van der Waals surface area contributed by atoms with Crippen LogP contribution in [0, 0.1) is 0 Å².